The molecule has 0 bridgehead atoms. The second-order valence-electron chi connectivity index (χ2n) is 7.10. The lowest BCUT2D eigenvalue weighted by atomic mass is 9.94. The van der Waals surface area contributed by atoms with Gasteiger partial charge in [0.15, 0.2) is 5.17 Å². The molecule has 7 nitrogen and oxygen atoms in total. The molecule has 1 aromatic carbocycles. The molecule has 0 spiro atoms. The summed E-state index contributed by atoms with van der Waals surface area (Å²) < 4.78 is 5.06. The Labute approximate surface area is 184 Å². The molecule has 0 fully saturated rings. The van der Waals surface area contributed by atoms with E-state index in [1.54, 1.807) is 12.4 Å². The van der Waals surface area contributed by atoms with Crippen LogP contribution < -0.4 is 5.32 Å². The number of ether oxygens (including phenoxy) is 1. The summed E-state index contributed by atoms with van der Waals surface area (Å²) in [5, 5.41) is 5.61. The summed E-state index contributed by atoms with van der Waals surface area (Å²) in [6, 6.07) is 13.0. The Hall–Kier alpha value is -3.39. The molecule has 1 N–H and O–H groups in total. The van der Waals surface area contributed by atoms with Gasteiger partial charge in [-0.2, -0.15) is 0 Å². The lowest BCUT2D eigenvalue weighted by Crippen LogP contribution is -2.37. The first-order valence-electron chi connectivity index (χ1n) is 9.81. The smallest absolute Gasteiger partial charge is 0.338 e. The summed E-state index contributed by atoms with van der Waals surface area (Å²) in [6.07, 6.45) is 3.57. The molecule has 0 saturated carbocycles. The van der Waals surface area contributed by atoms with Gasteiger partial charge < -0.3 is 15.0 Å². The van der Waals surface area contributed by atoms with Gasteiger partial charge in [0.1, 0.15) is 0 Å². The van der Waals surface area contributed by atoms with Crippen molar-refractivity contribution in [3.63, 3.8) is 0 Å². The maximum absolute atomic E-state index is 12.7. The first kappa shape index (κ1) is 20.9. The number of amides is 1. The van der Waals surface area contributed by atoms with Gasteiger partial charge in [-0.05, 0) is 35.6 Å². The monoisotopic (exact) mass is 434 g/mol. The van der Waals surface area contributed by atoms with E-state index < -0.39 is 12.0 Å². The number of allylic oxidation sites excluding steroid dienone is 1. The van der Waals surface area contributed by atoms with Gasteiger partial charge in [-0.25, -0.2) is 9.79 Å². The Bertz CT molecular complexity index is 1080. The van der Waals surface area contributed by atoms with Gasteiger partial charge in [-0.3, -0.25) is 9.78 Å². The Morgan fingerprint density at radius 1 is 1.16 bits per heavy atom. The molecule has 2 aliphatic heterocycles. The van der Waals surface area contributed by atoms with Crippen LogP contribution in [0.1, 0.15) is 30.5 Å². The van der Waals surface area contributed by atoms with Crippen LogP contribution in [-0.4, -0.2) is 34.0 Å². The summed E-state index contributed by atoms with van der Waals surface area (Å²) in [5.41, 5.74) is 3.80. The van der Waals surface area contributed by atoms with E-state index in [0.29, 0.717) is 17.8 Å². The molecule has 4 rings (SSSR count). The van der Waals surface area contributed by atoms with E-state index >= 15 is 0 Å². The number of amidine groups is 1. The summed E-state index contributed by atoms with van der Waals surface area (Å²) in [7, 11) is 1.37. The first-order valence-corrected chi connectivity index (χ1v) is 10.7. The highest BCUT2D eigenvalue weighted by Crippen LogP contribution is 2.44. The Morgan fingerprint density at radius 2 is 1.90 bits per heavy atom. The topological polar surface area (TPSA) is 83.9 Å². The van der Waals surface area contributed by atoms with E-state index in [9.17, 15) is 9.59 Å². The molecule has 0 unspecified atom stereocenters. The molecule has 31 heavy (non-hydrogen) atoms. The second kappa shape index (κ2) is 9.18. The number of nitrogens with one attached hydrogen (secondary N) is 1. The maximum Gasteiger partial charge on any atom is 0.338 e. The fraction of sp³-hybridized carbons (Fsp3) is 0.217. The predicted molar refractivity (Wildman–Crippen MR) is 120 cm³/mol. The van der Waals surface area contributed by atoms with Crippen LogP contribution >= 0.6 is 11.8 Å². The van der Waals surface area contributed by atoms with Gasteiger partial charge >= 0.3 is 5.97 Å². The van der Waals surface area contributed by atoms with Crippen LogP contribution in [0, 0.1) is 0 Å². The van der Waals surface area contributed by atoms with Crippen LogP contribution in [0.5, 0.6) is 0 Å². The van der Waals surface area contributed by atoms with Crippen LogP contribution in [0.15, 0.2) is 82.2 Å². The molecular formula is C23H22N4O3S. The number of esters is 1. The normalized spacial score (nSPS) is 17.6. The number of aliphatic imine (C=N–C) groups is 1. The van der Waals surface area contributed by atoms with Crippen molar-refractivity contribution in [3.05, 3.63) is 88.4 Å². The third-order valence-corrected chi connectivity index (χ3v) is 5.99. The standard InChI is InChI=1S/C23H22N4O3S/c1-15-20(22(29)30-2)21(17-6-4-3-5-7-17)27-18(14-31-23(27)26-15)12-19(28)25-13-16-8-10-24-11-9-16/h3-11,14,21H,12-13H2,1-2H3,(H,25,28)/t21-/m0/s1. The molecular weight excluding hydrogens is 412 g/mol. The predicted octanol–water partition coefficient (Wildman–Crippen LogP) is 3.54. The zero-order valence-corrected chi connectivity index (χ0v) is 18.1. The molecule has 158 valence electrons. The van der Waals surface area contributed by atoms with Crippen LogP contribution in [0.2, 0.25) is 0 Å². The van der Waals surface area contributed by atoms with Gasteiger partial charge in [-0.1, -0.05) is 42.1 Å². The third kappa shape index (κ3) is 4.39. The largest absolute Gasteiger partial charge is 0.466 e. The van der Waals surface area contributed by atoms with Gasteiger partial charge in [0, 0.05) is 24.6 Å². The van der Waals surface area contributed by atoms with Crippen molar-refractivity contribution < 1.29 is 14.3 Å². The SMILES string of the molecule is COC(=O)C1=C(C)N=C2SC=C(CC(=O)NCc3ccncc3)N2[C@H]1c1ccccc1. The fourth-order valence-electron chi connectivity index (χ4n) is 3.62. The van der Waals surface area contributed by atoms with Crippen molar-refractivity contribution in [2.45, 2.75) is 25.9 Å². The van der Waals surface area contributed by atoms with E-state index in [2.05, 4.69) is 15.3 Å². The van der Waals surface area contributed by atoms with E-state index in [1.807, 2.05) is 59.7 Å². The second-order valence-corrected chi connectivity index (χ2v) is 7.94. The average molecular weight is 435 g/mol. The Morgan fingerprint density at radius 3 is 2.61 bits per heavy atom. The van der Waals surface area contributed by atoms with Gasteiger partial charge in [0.25, 0.3) is 0 Å². The van der Waals surface area contributed by atoms with E-state index in [0.717, 1.165) is 22.0 Å². The Balaban J connectivity index is 1.58. The van der Waals surface area contributed by atoms with Crippen LogP contribution in [0.4, 0.5) is 0 Å². The number of nitrogens with zero attached hydrogens (tertiary/aromatic N) is 3. The molecule has 8 heteroatoms. The number of hydrogen-bond donors (Lipinski definition) is 1. The lowest BCUT2D eigenvalue weighted by molar-refractivity contribution is -0.136. The minimum atomic E-state index is -0.424. The number of aromatic nitrogens is 1. The van der Waals surface area contributed by atoms with Crippen molar-refractivity contribution in [1.82, 2.24) is 15.2 Å². The maximum atomic E-state index is 12.7. The number of fused-ring (bicyclic) bond motifs is 1. The molecule has 0 aliphatic carbocycles. The number of carbonyl (C=O) groups is 2. The van der Waals surface area contributed by atoms with Crippen LogP contribution in [0.25, 0.3) is 0 Å². The van der Waals surface area contributed by atoms with Gasteiger partial charge in [0.2, 0.25) is 5.91 Å². The number of pyridine rings is 1. The Kier molecular flexibility index (Phi) is 6.18. The average Bonchev–Trinajstić information content (AvgIpc) is 3.19. The van der Waals surface area contributed by atoms with E-state index in [-0.39, 0.29) is 12.3 Å². The highest BCUT2D eigenvalue weighted by molar-refractivity contribution is 8.16. The van der Waals surface area contributed by atoms with Crippen LogP contribution in [-0.2, 0) is 20.9 Å². The number of hydrogen-bond acceptors (Lipinski definition) is 7. The molecule has 3 heterocycles. The van der Waals surface area contributed by atoms with Gasteiger partial charge in [-0.15, -0.1) is 0 Å². The molecule has 0 saturated heterocycles. The zero-order chi connectivity index (χ0) is 21.8. The van der Waals surface area contributed by atoms with Crippen molar-refractivity contribution in [2.24, 2.45) is 4.99 Å². The van der Waals surface area contributed by atoms with Gasteiger partial charge in [0.05, 0.1) is 30.8 Å². The van der Waals surface area contributed by atoms with Crippen molar-refractivity contribution in [2.75, 3.05) is 7.11 Å². The van der Waals surface area contributed by atoms with Crippen molar-refractivity contribution in [3.8, 4) is 0 Å². The number of benzene rings is 1. The minimum Gasteiger partial charge on any atom is -0.466 e. The number of carbonyl (C=O) groups excluding carboxylic acids is 2. The first-order chi connectivity index (χ1) is 15.1. The molecule has 1 atom stereocenters. The molecule has 2 aromatic rings. The van der Waals surface area contributed by atoms with E-state index in [4.69, 9.17) is 4.74 Å². The molecule has 1 amide bonds. The molecule has 1 aromatic heterocycles. The summed E-state index contributed by atoms with van der Waals surface area (Å²) in [6.45, 7) is 2.24. The fourth-order valence-corrected chi connectivity index (χ4v) is 4.58. The number of methoxy groups -OCH3 is 1. The lowest BCUT2D eigenvalue weighted by Gasteiger charge is -2.36. The number of rotatable bonds is 6. The zero-order valence-electron chi connectivity index (χ0n) is 17.2. The number of thioether (sulfide) groups is 1. The van der Waals surface area contributed by atoms with E-state index in [1.165, 1.54) is 18.9 Å². The van der Waals surface area contributed by atoms with Crippen molar-refractivity contribution >= 4 is 28.8 Å². The van der Waals surface area contributed by atoms with Crippen LogP contribution in [0.3, 0.4) is 0 Å². The van der Waals surface area contributed by atoms with Crippen molar-refractivity contribution in [1.29, 1.82) is 0 Å². The summed E-state index contributed by atoms with van der Waals surface area (Å²) in [4.78, 5) is 35.9. The summed E-state index contributed by atoms with van der Waals surface area (Å²) in [5.74, 6) is -0.532. The molecule has 0 radical (unpaired) electrons. The molecule has 2 aliphatic rings. The highest BCUT2D eigenvalue weighted by Gasteiger charge is 2.40. The summed E-state index contributed by atoms with van der Waals surface area (Å²) >= 11 is 1.45. The third-order valence-electron chi connectivity index (χ3n) is 5.10. The quantitative estimate of drug-likeness (QED) is 0.700. The highest BCUT2D eigenvalue weighted by atomic mass is 32.2. The minimum absolute atomic E-state index is 0.109.